The van der Waals surface area contributed by atoms with Gasteiger partial charge in [0.25, 0.3) is 0 Å². The van der Waals surface area contributed by atoms with Crippen molar-refractivity contribution in [2.24, 2.45) is 0 Å². The largest absolute Gasteiger partial charge is 0.497 e. The van der Waals surface area contributed by atoms with Crippen molar-refractivity contribution in [1.82, 2.24) is 0 Å². The van der Waals surface area contributed by atoms with Gasteiger partial charge in [-0.3, -0.25) is 0 Å². The zero-order valence-electron chi connectivity index (χ0n) is 10.4. The lowest BCUT2D eigenvalue weighted by atomic mass is 10.2. The molecular weight excluding hydrogens is 240 g/mol. The van der Waals surface area contributed by atoms with Gasteiger partial charge >= 0.3 is 5.97 Å². The minimum Gasteiger partial charge on any atom is -0.497 e. The molecule has 0 aliphatic rings. The number of ether oxygens (including phenoxy) is 2. The summed E-state index contributed by atoms with van der Waals surface area (Å²) in [7, 11) is 1.58. The number of carbonyl (C=O) groups is 1. The highest BCUT2D eigenvalue weighted by Gasteiger charge is 1.99. The van der Waals surface area contributed by atoms with Crippen LogP contribution in [0.3, 0.4) is 0 Å². The van der Waals surface area contributed by atoms with E-state index < -0.39 is 5.97 Å². The summed E-state index contributed by atoms with van der Waals surface area (Å²) >= 11 is 0. The minimum atomic E-state index is -0.589. The SMILES string of the molecule is COc1cccc(C#CC(=O)Oc2ccccc2)c1. The third kappa shape index (κ3) is 3.90. The molecule has 0 amide bonds. The third-order valence-corrected chi connectivity index (χ3v) is 2.33. The molecular formula is C16H12O3. The Balaban J connectivity index is 2.05. The Hall–Kier alpha value is -2.73. The van der Waals surface area contributed by atoms with Gasteiger partial charge in [-0.25, -0.2) is 4.79 Å². The lowest BCUT2D eigenvalue weighted by Gasteiger charge is -1.99. The van der Waals surface area contributed by atoms with Crippen LogP contribution in [0.1, 0.15) is 5.56 Å². The Labute approximate surface area is 111 Å². The van der Waals surface area contributed by atoms with Crippen molar-refractivity contribution in [3.8, 4) is 23.3 Å². The number of carbonyl (C=O) groups excluding carboxylic acids is 1. The molecule has 2 rings (SSSR count). The molecule has 3 nitrogen and oxygen atoms in total. The summed E-state index contributed by atoms with van der Waals surface area (Å²) in [6.07, 6.45) is 0. The maximum atomic E-state index is 11.5. The van der Waals surface area contributed by atoms with Gasteiger partial charge in [0.2, 0.25) is 0 Å². The molecule has 0 aliphatic carbocycles. The fourth-order valence-corrected chi connectivity index (χ4v) is 1.45. The zero-order chi connectivity index (χ0) is 13.5. The van der Waals surface area contributed by atoms with E-state index in [4.69, 9.17) is 9.47 Å². The van der Waals surface area contributed by atoms with E-state index in [-0.39, 0.29) is 0 Å². The van der Waals surface area contributed by atoms with Crippen molar-refractivity contribution in [2.75, 3.05) is 7.11 Å². The molecule has 0 N–H and O–H groups in total. The van der Waals surface area contributed by atoms with Gasteiger partial charge in [-0.1, -0.05) is 30.2 Å². The summed E-state index contributed by atoms with van der Waals surface area (Å²) in [5.74, 6) is 5.75. The third-order valence-electron chi connectivity index (χ3n) is 2.33. The molecule has 0 radical (unpaired) electrons. The van der Waals surface area contributed by atoms with Gasteiger partial charge in [-0.05, 0) is 30.3 Å². The summed E-state index contributed by atoms with van der Waals surface area (Å²) in [4.78, 5) is 11.5. The van der Waals surface area contributed by atoms with E-state index >= 15 is 0 Å². The molecule has 2 aromatic rings. The van der Waals surface area contributed by atoms with Crippen molar-refractivity contribution in [3.05, 3.63) is 60.2 Å². The van der Waals surface area contributed by atoms with Gasteiger partial charge < -0.3 is 9.47 Å². The average molecular weight is 252 g/mol. The first kappa shape index (κ1) is 12.7. The van der Waals surface area contributed by atoms with Gasteiger partial charge in [0, 0.05) is 11.5 Å². The van der Waals surface area contributed by atoms with Gasteiger partial charge in [0.05, 0.1) is 7.11 Å². The molecule has 0 atom stereocenters. The van der Waals surface area contributed by atoms with Crippen molar-refractivity contribution in [2.45, 2.75) is 0 Å². The molecule has 0 unspecified atom stereocenters. The Morgan fingerprint density at radius 3 is 2.47 bits per heavy atom. The van der Waals surface area contributed by atoms with E-state index in [0.29, 0.717) is 17.1 Å². The minimum absolute atomic E-state index is 0.479. The molecule has 0 bridgehead atoms. The first-order chi connectivity index (χ1) is 9.28. The first-order valence-corrected chi connectivity index (χ1v) is 5.71. The van der Waals surface area contributed by atoms with Crippen LogP contribution in [0.5, 0.6) is 11.5 Å². The Kier molecular flexibility index (Phi) is 4.20. The Morgan fingerprint density at radius 1 is 1.00 bits per heavy atom. The molecule has 0 heterocycles. The van der Waals surface area contributed by atoms with Gasteiger partial charge in [-0.15, -0.1) is 0 Å². The van der Waals surface area contributed by atoms with Crippen LogP contribution in [0.4, 0.5) is 0 Å². The van der Waals surface area contributed by atoms with Crippen LogP contribution >= 0.6 is 0 Å². The standard InChI is InChI=1S/C16H12O3/c1-18-15-9-5-6-13(12-15)10-11-16(17)19-14-7-3-2-4-8-14/h2-9,12H,1H3. The molecule has 0 fully saturated rings. The molecule has 0 saturated carbocycles. The van der Waals surface area contributed by atoms with E-state index in [1.807, 2.05) is 18.2 Å². The van der Waals surface area contributed by atoms with Crippen LogP contribution < -0.4 is 9.47 Å². The van der Waals surface area contributed by atoms with Crippen molar-refractivity contribution in [1.29, 1.82) is 0 Å². The molecule has 0 aliphatic heterocycles. The molecule has 2 aromatic carbocycles. The normalized spacial score (nSPS) is 9.11. The topological polar surface area (TPSA) is 35.5 Å². The van der Waals surface area contributed by atoms with E-state index in [9.17, 15) is 4.79 Å². The fourth-order valence-electron chi connectivity index (χ4n) is 1.45. The number of para-hydroxylation sites is 1. The van der Waals surface area contributed by atoms with E-state index in [0.717, 1.165) is 0 Å². The quantitative estimate of drug-likeness (QED) is 0.468. The molecule has 94 valence electrons. The maximum absolute atomic E-state index is 11.5. The van der Waals surface area contributed by atoms with Gasteiger partial charge in [0.1, 0.15) is 11.5 Å². The van der Waals surface area contributed by atoms with E-state index in [1.165, 1.54) is 0 Å². The number of hydrogen-bond acceptors (Lipinski definition) is 3. The van der Waals surface area contributed by atoms with Gasteiger partial charge in [0.15, 0.2) is 0 Å². The second-order valence-electron chi connectivity index (χ2n) is 3.68. The Bertz CT molecular complexity index is 621. The smallest absolute Gasteiger partial charge is 0.390 e. The van der Waals surface area contributed by atoms with Crippen LogP contribution in [0.25, 0.3) is 0 Å². The predicted octanol–water partition coefficient (Wildman–Crippen LogP) is 2.65. The lowest BCUT2D eigenvalue weighted by molar-refractivity contribution is -0.128. The van der Waals surface area contributed by atoms with E-state index in [2.05, 4.69) is 11.8 Å². The number of rotatable bonds is 2. The van der Waals surface area contributed by atoms with E-state index in [1.54, 1.807) is 43.5 Å². The highest BCUT2D eigenvalue weighted by atomic mass is 16.5. The summed E-state index contributed by atoms with van der Waals surface area (Å²) in [5.41, 5.74) is 0.698. The number of esters is 1. The molecule has 0 saturated heterocycles. The van der Waals surface area contributed by atoms with Crippen molar-refractivity contribution < 1.29 is 14.3 Å². The van der Waals surface area contributed by atoms with Crippen LogP contribution in [-0.4, -0.2) is 13.1 Å². The predicted molar refractivity (Wildman–Crippen MR) is 71.9 cm³/mol. The summed E-state index contributed by atoms with van der Waals surface area (Å²) < 4.78 is 10.1. The monoisotopic (exact) mass is 252 g/mol. The zero-order valence-corrected chi connectivity index (χ0v) is 10.4. The second-order valence-corrected chi connectivity index (χ2v) is 3.68. The fraction of sp³-hybridized carbons (Fsp3) is 0.0625. The van der Waals surface area contributed by atoms with Crippen LogP contribution in [-0.2, 0) is 4.79 Å². The van der Waals surface area contributed by atoms with Crippen molar-refractivity contribution >= 4 is 5.97 Å². The van der Waals surface area contributed by atoms with Crippen LogP contribution in [0, 0.1) is 11.8 Å². The number of benzene rings is 2. The first-order valence-electron chi connectivity index (χ1n) is 5.71. The molecule has 3 heteroatoms. The summed E-state index contributed by atoms with van der Waals surface area (Å²) in [5, 5.41) is 0. The number of methoxy groups -OCH3 is 1. The molecule has 0 aromatic heterocycles. The van der Waals surface area contributed by atoms with Gasteiger partial charge in [-0.2, -0.15) is 0 Å². The summed E-state index contributed by atoms with van der Waals surface area (Å²) in [6.45, 7) is 0. The van der Waals surface area contributed by atoms with Crippen LogP contribution in [0.2, 0.25) is 0 Å². The highest BCUT2D eigenvalue weighted by molar-refractivity contribution is 5.90. The lowest BCUT2D eigenvalue weighted by Crippen LogP contribution is -2.04. The molecule has 0 spiro atoms. The molecule has 19 heavy (non-hydrogen) atoms. The van der Waals surface area contributed by atoms with Crippen LogP contribution in [0.15, 0.2) is 54.6 Å². The second kappa shape index (κ2) is 6.27. The highest BCUT2D eigenvalue weighted by Crippen LogP contribution is 2.11. The number of hydrogen-bond donors (Lipinski definition) is 0. The summed E-state index contributed by atoms with van der Waals surface area (Å²) in [6, 6.07) is 16.0. The average Bonchev–Trinajstić information content (AvgIpc) is 2.46. The Morgan fingerprint density at radius 2 is 1.74 bits per heavy atom. The van der Waals surface area contributed by atoms with Crippen molar-refractivity contribution in [3.63, 3.8) is 0 Å². The maximum Gasteiger partial charge on any atom is 0.390 e.